The van der Waals surface area contributed by atoms with E-state index in [9.17, 15) is 18.4 Å². The molecule has 0 aromatic carbocycles. The highest BCUT2D eigenvalue weighted by Gasteiger charge is 2.47. The Labute approximate surface area is 147 Å². The summed E-state index contributed by atoms with van der Waals surface area (Å²) >= 11 is 0. The Bertz CT molecular complexity index is 832. The molecule has 0 saturated heterocycles. The number of hydrogen-bond donors (Lipinski definition) is 1. The molecule has 136 valence electrons. The Morgan fingerprint density at radius 1 is 1.19 bits per heavy atom. The lowest BCUT2D eigenvalue weighted by molar-refractivity contribution is -0.133. The molecule has 1 atom stereocenters. The minimum absolute atomic E-state index is 0.102. The number of halogens is 2. The Kier molecular flexibility index (Phi) is 3.89. The van der Waals surface area contributed by atoms with Crippen LogP contribution >= 0.6 is 0 Å². The van der Waals surface area contributed by atoms with Crippen molar-refractivity contribution in [1.82, 2.24) is 30.2 Å². The van der Waals surface area contributed by atoms with Crippen molar-refractivity contribution in [2.45, 2.75) is 37.4 Å². The largest absolute Gasteiger partial charge is 0.351 e. The van der Waals surface area contributed by atoms with E-state index in [0.717, 1.165) is 0 Å². The fraction of sp³-hybridized carbons (Fsp3) is 0.438. The molecule has 0 radical (unpaired) electrons. The normalized spacial score (nSPS) is 21.6. The third kappa shape index (κ3) is 3.02. The third-order valence-corrected chi connectivity index (χ3v) is 4.65. The molecule has 3 heterocycles. The molecule has 26 heavy (non-hydrogen) atoms. The van der Waals surface area contributed by atoms with Gasteiger partial charge in [0.1, 0.15) is 6.04 Å². The summed E-state index contributed by atoms with van der Waals surface area (Å²) in [5, 5.41) is 14.1. The summed E-state index contributed by atoms with van der Waals surface area (Å²) in [6, 6.07) is 1.96. The van der Waals surface area contributed by atoms with Gasteiger partial charge in [0.25, 0.3) is 11.8 Å². The maximum Gasteiger partial charge on any atom is 0.255 e. The molecule has 8 nitrogen and oxygen atoms in total. The summed E-state index contributed by atoms with van der Waals surface area (Å²) < 4.78 is 27.5. The number of nitrogens with zero attached hydrogens (tertiary/aromatic N) is 5. The van der Waals surface area contributed by atoms with Crippen LogP contribution in [0.5, 0.6) is 0 Å². The van der Waals surface area contributed by atoms with E-state index in [2.05, 4.69) is 20.6 Å². The SMILES string of the molecule is O=C(NC1CC(F)(F)C1)[C@H]1CN(C(=O)c2ccnnc2)Cc2ccnn21. The third-order valence-electron chi connectivity index (χ3n) is 4.65. The van der Waals surface area contributed by atoms with Crippen LogP contribution in [0.4, 0.5) is 8.78 Å². The van der Waals surface area contributed by atoms with E-state index in [1.54, 1.807) is 23.0 Å². The van der Waals surface area contributed by atoms with Gasteiger partial charge in [0.05, 0.1) is 36.7 Å². The van der Waals surface area contributed by atoms with Crippen LogP contribution in [0.25, 0.3) is 0 Å². The molecule has 2 aromatic rings. The molecule has 10 heteroatoms. The molecular weight excluding hydrogens is 346 g/mol. The van der Waals surface area contributed by atoms with Crippen molar-refractivity contribution < 1.29 is 18.4 Å². The number of nitrogens with one attached hydrogen (secondary N) is 1. The van der Waals surface area contributed by atoms with Gasteiger partial charge in [-0.2, -0.15) is 15.3 Å². The number of carbonyl (C=O) groups is 2. The van der Waals surface area contributed by atoms with Gasteiger partial charge in [-0.1, -0.05) is 0 Å². The molecule has 2 aliphatic rings. The zero-order valence-electron chi connectivity index (χ0n) is 13.7. The predicted molar refractivity (Wildman–Crippen MR) is 84.1 cm³/mol. The molecule has 1 saturated carbocycles. The van der Waals surface area contributed by atoms with Crippen LogP contribution in [-0.4, -0.2) is 55.2 Å². The molecule has 2 aromatic heterocycles. The van der Waals surface area contributed by atoms with Crippen LogP contribution in [0.3, 0.4) is 0 Å². The Hall–Kier alpha value is -2.91. The first-order valence-electron chi connectivity index (χ1n) is 8.19. The summed E-state index contributed by atoms with van der Waals surface area (Å²) in [6.45, 7) is 0.400. The second kappa shape index (κ2) is 6.11. The van der Waals surface area contributed by atoms with Crippen molar-refractivity contribution in [3.8, 4) is 0 Å². The maximum absolute atomic E-state index is 13.0. The minimum atomic E-state index is -2.71. The van der Waals surface area contributed by atoms with Gasteiger partial charge in [0, 0.05) is 25.1 Å². The van der Waals surface area contributed by atoms with E-state index in [0.29, 0.717) is 17.8 Å². The first kappa shape index (κ1) is 16.6. The second-order valence-electron chi connectivity index (χ2n) is 6.57. The number of fused-ring (bicyclic) bond motifs is 1. The van der Waals surface area contributed by atoms with Crippen molar-refractivity contribution in [3.63, 3.8) is 0 Å². The number of rotatable bonds is 3. The Balaban J connectivity index is 1.51. The topological polar surface area (TPSA) is 93.0 Å². The molecule has 2 amide bonds. The summed E-state index contributed by atoms with van der Waals surface area (Å²) in [5.41, 5.74) is 1.07. The van der Waals surface area contributed by atoms with Crippen molar-refractivity contribution in [2.75, 3.05) is 6.54 Å². The molecule has 1 aliphatic heterocycles. The molecule has 0 bridgehead atoms. The van der Waals surface area contributed by atoms with Crippen LogP contribution < -0.4 is 5.32 Å². The van der Waals surface area contributed by atoms with Crippen LogP contribution in [0, 0.1) is 0 Å². The van der Waals surface area contributed by atoms with E-state index < -0.39 is 23.9 Å². The van der Waals surface area contributed by atoms with E-state index in [4.69, 9.17) is 0 Å². The van der Waals surface area contributed by atoms with E-state index in [-0.39, 0.29) is 25.3 Å². The summed E-state index contributed by atoms with van der Waals surface area (Å²) in [6.07, 6.45) is 3.61. The Morgan fingerprint density at radius 3 is 2.69 bits per heavy atom. The van der Waals surface area contributed by atoms with Gasteiger partial charge in [-0.15, -0.1) is 0 Å². The fourth-order valence-corrected chi connectivity index (χ4v) is 3.30. The highest BCUT2D eigenvalue weighted by molar-refractivity contribution is 5.94. The standard InChI is InChI=1S/C16H16F2N6O2/c17-16(18)5-11(6-16)22-14(25)13-9-23(8-12-2-4-21-24(12)13)15(26)10-1-3-19-20-7-10/h1-4,7,11,13H,5-6,8-9H2,(H,22,25)/t13-/m1/s1. The van der Waals surface area contributed by atoms with Crippen LogP contribution in [0.15, 0.2) is 30.7 Å². The van der Waals surface area contributed by atoms with Crippen LogP contribution in [0.2, 0.25) is 0 Å². The lowest BCUT2D eigenvalue weighted by atomic mass is 9.88. The smallest absolute Gasteiger partial charge is 0.255 e. The molecule has 1 fully saturated rings. The van der Waals surface area contributed by atoms with Crippen LogP contribution in [-0.2, 0) is 11.3 Å². The van der Waals surface area contributed by atoms with Gasteiger partial charge in [0.15, 0.2) is 0 Å². The molecule has 1 aliphatic carbocycles. The number of alkyl halides is 2. The molecule has 0 unspecified atom stereocenters. The monoisotopic (exact) mass is 362 g/mol. The summed E-state index contributed by atoms with van der Waals surface area (Å²) in [4.78, 5) is 26.8. The van der Waals surface area contributed by atoms with Crippen molar-refractivity contribution in [3.05, 3.63) is 42.0 Å². The van der Waals surface area contributed by atoms with Gasteiger partial charge >= 0.3 is 0 Å². The number of amides is 2. The van der Waals surface area contributed by atoms with E-state index >= 15 is 0 Å². The van der Waals surface area contributed by atoms with E-state index in [1.807, 2.05) is 0 Å². The Morgan fingerprint density at radius 2 is 2.00 bits per heavy atom. The van der Waals surface area contributed by atoms with Gasteiger partial charge in [-0.05, 0) is 12.1 Å². The quantitative estimate of drug-likeness (QED) is 0.871. The van der Waals surface area contributed by atoms with Crippen molar-refractivity contribution in [1.29, 1.82) is 0 Å². The van der Waals surface area contributed by atoms with Gasteiger partial charge in [-0.25, -0.2) is 8.78 Å². The number of carbonyl (C=O) groups excluding carboxylic acids is 2. The van der Waals surface area contributed by atoms with Crippen molar-refractivity contribution >= 4 is 11.8 Å². The first-order chi connectivity index (χ1) is 12.4. The highest BCUT2D eigenvalue weighted by Crippen LogP contribution is 2.37. The summed E-state index contributed by atoms with van der Waals surface area (Å²) in [5.74, 6) is -3.40. The van der Waals surface area contributed by atoms with Gasteiger partial charge in [-0.3, -0.25) is 14.3 Å². The lowest BCUT2D eigenvalue weighted by Crippen LogP contribution is -2.54. The number of aromatic nitrogens is 4. The highest BCUT2D eigenvalue weighted by atomic mass is 19.3. The summed E-state index contributed by atoms with van der Waals surface area (Å²) in [7, 11) is 0. The molecule has 1 N–H and O–H groups in total. The zero-order valence-corrected chi connectivity index (χ0v) is 13.7. The minimum Gasteiger partial charge on any atom is -0.351 e. The molecule has 0 spiro atoms. The van der Waals surface area contributed by atoms with Crippen LogP contribution in [0.1, 0.15) is 34.9 Å². The lowest BCUT2D eigenvalue weighted by Gasteiger charge is -2.38. The molecular formula is C16H16F2N6O2. The predicted octanol–water partition coefficient (Wildman–Crippen LogP) is 0.784. The average molecular weight is 362 g/mol. The zero-order chi connectivity index (χ0) is 18.3. The second-order valence-corrected chi connectivity index (χ2v) is 6.57. The molecule has 4 rings (SSSR count). The van der Waals surface area contributed by atoms with Gasteiger partial charge < -0.3 is 10.2 Å². The van der Waals surface area contributed by atoms with E-state index in [1.165, 1.54) is 17.3 Å². The maximum atomic E-state index is 13.0. The van der Waals surface area contributed by atoms with Gasteiger partial charge in [0.2, 0.25) is 5.91 Å². The average Bonchev–Trinajstić information content (AvgIpc) is 3.08. The number of hydrogen-bond acceptors (Lipinski definition) is 5. The first-order valence-corrected chi connectivity index (χ1v) is 8.19. The van der Waals surface area contributed by atoms with Crippen molar-refractivity contribution in [2.24, 2.45) is 0 Å². The fourth-order valence-electron chi connectivity index (χ4n) is 3.30.